The van der Waals surface area contributed by atoms with Gasteiger partial charge in [0, 0.05) is 6.20 Å². The second kappa shape index (κ2) is 5.94. The molecule has 0 saturated heterocycles. The monoisotopic (exact) mass is 264 g/mol. The first-order valence-electron chi connectivity index (χ1n) is 5.81. The first-order chi connectivity index (χ1) is 8.72. The summed E-state index contributed by atoms with van der Waals surface area (Å²) in [5.74, 6) is -0.262. The Labute approximate surface area is 111 Å². The van der Waals surface area contributed by atoms with Crippen LogP contribution < -0.4 is 5.32 Å². The summed E-state index contributed by atoms with van der Waals surface area (Å²) in [6, 6.07) is 9.84. The van der Waals surface area contributed by atoms with Crippen LogP contribution in [-0.4, -0.2) is 11.5 Å². The van der Waals surface area contributed by atoms with Crippen molar-refractivity contribution in [3.8, 4) is 0 Å². The van der Waals surface area contributed by atoms with E-state index in [9.17, 15) is 4.39 Å². The quantitative estimate of drug-likeness (QED) is 0.913. The van der Waals surface area contributed by atoms with E-state index in [0.29, 0.717) is 10.7 Å². The van der Waals surface area contributed by atoms with Gasteiger partial charge in [-0.25, -0.2) is 4.39 Å². The number of rotatable bonds is 4. The molecule has 94 valence electrons. The average Bonchev–Trinajstić information content (AvgIpc) is 2.37. The molecule has 0 fully saturated rings. The molecule has 0 amide bonds. The van der Waals surface area contributed by atoms with Crippen molar-refractivity contribution in [3.63, 3.8) is 0 Å². The van der Waals surface area contributed by atoms with Crippen molar-refractivity contribution in [1.82, 2.24) is 10.3 Å². The molecule has 0 radical (unpaired) electrons. The van der Waals surface area contributed by atoms with Crippen LogP contribution in [0.15, 0.2) is 42.6 Å². The number of nitrogens with one attached hydrogen (secondary N) is 1. The number of nitrogens with zero attached hydrogens (tertiary/aromatic N) is 1. The third-order valence-corrected chi connectivity index (χ3v) is 2.97. The van der Waals surface area contributed by atoms with E-state index in [1.807, 2.05) is 13.0 Å². The van der Waals surface area contributed by atoms with Crippen LogP contribution >= 0.6 is 11.6 Å². The van der Waals surface area contributed by atoms with E-state index in [2.05, 4.69) is 10.3 Å². The lowest BCUT2D eigenvalue weighted by molar-refractivity contribution is 0.595. The maximum atomic E-state index is 13.3. The Morgan fingerprint density at radius 1 is 1.33 bits per heavy atom. The van der Waals surface area contributed by atoms with Crippen molar-refractivity contribution >= 4 is 11.6 Å². The summed E-state index contributed by atoms with van der Waals surface area (Å²) in [6.07, 6.45) is 1.69. The summed E-state index contributed by atoms with van der Waals surface area (Å²) < 4.78 is 13.3. The molecule has 1 atom stereocenters. The maximum Gasteiger partial charge on any atom is 0.123 e. The number of benzene rings is 1. The molecule has 1 N–H and O–H groups in total. The molecule has 1 heterocycles. The summed E-state index contributed by atoms with van der Waals surface area (Å²) in [7, 11) is 0. The van der Waals surface area contributed by atoms with Crippen LogP contribution in [-0.2, 0) is 0 Å². The lowest BCUT2D eigenvalue weighted by Crippen LogP contribution is -2.23. The third-order valence-electron chi connectivity index (χ3n) is 2.65. The molecular weight excluding hydrogens is 251 g/mol. The van der Waals surface area contributed by atoms with E-state index < -0.39 is 0 Å². The molecule has 2 aromatic rings. The van der Waals surface area contributed by atoms with Gasteiger partial charge >= 0.3 is 0 Å². The predicted molar refractivity (Wildman–Crippen MR) is 71.2 cm³/mol. The van der Waals surface area contributed by atoms with Gasteiger partial charge in [-0.15, -0.1) is 0 Å². The van der Waals surface area contributed by atoms with E-state index in [1.165, 1.54) is 12.1 Å². The molecule has 18 heavy (non-hydrogen) atoms. The van der Waals surface area contributed by atoms with E-state index in [1.54, 1.807) is 24.4 Å². The zero-order valence-electron chi connectivity index (χ0n) is 10.0. The topological polar surface area (TPSA) is 24.9 Å². The first-order valence-corrected chi connectivity index (χ1v) is 6.19. The van der Waals surface area contributed by atoms with Gasteiger partial charge in [0.05, 0.1) is 16.8 Å². The fraction of sp³-hybridized carbons (Fsp3) is 0.214. The van der Waals surface area contributed by atoms with E-state index in [-0.39, 0.29) is 11.9 Å². The van der Waals surface area contributed by atoms with E-state index >= 15 is 0 Å². The molecule has 0 saturated carbocycles. The van der Waals surface area contributed by atoms with Gasteiger partial charge in [0.2, 0.25) is 0 Å². The van der Waals surface area contributed by atoms with Crippen molar-refractivity contribution in [2.75, 3.05) is 6.54 Å². The van der Waals surface area contributed by atoms with Crippen LogP contribution in [0.3, 0.4) is 0 Å². The second-order valence-electron chi connectivity index (χ2n) is 3.92. The van der Waals surface area contributed by atoms with Gasteiger partial charge in [-0.3, -0.25) is 4.98 Å². The highest BCUT2D eigenvalue weighted by molar-refractivity contribution is 6.31. The van der Waals surface area contributed by atoms with Crippen LogP contribution in [0.4, 0.5) is 4.39 Å². The smallest absolute Gasteiger partial charge is 0.123 e. The minimum atomic E-state index is -0.262. The van der Waals surface area contributed by atoms with Gasteiger partial charge in [-0.05, 0) is 36.4 Å². The van der Waals surface area contributed by atoms with Gasteiger partial charge in [0.15, 0.2) is 0 Å². The number of hydrogen-bond acceptors (Lipinski definition) is 2. The van der Waals surface area contributed by atoms with Crippen molar-refractivity contribution in [2.45, 2.75) is 13.0 Å². The first kappa shape index (κ1) is 13.0. The van der Waals surface area contributed by atoms with E-state index in [4.69, 9.17) is 11.6 Å². The number of hydrogen-bond donors (Lipinski definition) is 1. The van der Waals surface area contributed by atoms with Crippen LogP contribution in [0.1, 0.15) is 24.2 Å². The largest absolute Gasteiger partial charge is 0.305 e. The lowest BCUT2D eigenvalue weighted by Gasteiger charge is -2.18. The summed E-state index contributed by atoms with van der Waals surface area (Å²) in [5.41, 5.74) is 1.53. The SMILES string of the molecule is CCNC(c1cccc(F)c1)c1ncccc1Cl. The Bertz CT molecular complexity index is 531. The highest BCUT2D eigenvalue weighted by Crippen LogP contribution is 2.26. The van der Waals surface area contributed by atoms with E-state index in [0.717, 1.165) is 12.1 Å². The molecule has 0 aliphatic heterocycles. The summed E-state index contributed by atoms with van der Waals surface area (Å²) in [5, 5.41) is 3.85. The van der Waals surface area contributed by atoms with Gasteiger partial charge in [0.1, 0.15) is 5.82 Å². The summed E-state index contributed by atoms with van der Waals surface area (Å²) in [4.78, 5) is 4.29. The van der Waals surface area contributed by atoms with Crippen LogP contribution in [0.5, 0.6) is 0 Å². The minimum Gasteiger partial charge on any atom is -0.305 e. The molecule has 2 rings (SSSR count). The molecule has 1 aromatic heterocycles. The summed E-state index contributed by atoms with van der Waals surface area (Å²) >= 11 is 6.15. The zero-order valence-corrected chi connectivity index (χ0v) is 10.8. The molecule has 0 bridgehead atoms. The Balaban J connectivity index is 2.43. The molecule has 4 heteroatoms. The molecule has 1 unspecified atom stereocenters. The second-order valence-corrected chi connectivity index (χ2v) is 4.32. The molecular formula is C14H14ClFN2. The molecule has 1 aromatic carbocycles. The fourth-order valence-corrected chi connectivity index (χ4v) is 2.10. The van der Waals surface area contributed by atoms with Gasteiger partial charge in [-0.2, -0.15) is 0 Å². The third kappa shape index (κ3) is 2.86. The Morgan fingerprint density at radius 3 is 2.83 bits per heavy atom. The normalized spacial score (nSPS) is 12.4. The van der Waals surface area contributed by atoms with Gasteiger partial charge in [-0.1, -0.05) is 30.7 Å². The standard InChI is InChI=1S/C14H14ClFN2/c1-2-17-13(10-5-3-6-11(16)9-10)14-12(15)7-4-8-18-14/h3-9,13,17H,2H2,1H3. The fourth-order valence-electron chi connectivity index (χ4n) is 1.87. The van der Waals surface area contributed by atoms with Crippen molar-refractivity contribution in [1.29, 1.82) is 0 Å². The number of halogens is 2. The molecule has 0 aliphatic rings. The predicted octanol–water partition coefficient (Wildman–Crippen LogP) is 3.57. The summed E-state index contributed by atoms with van der Waals surface area (Å²) in [6.45, 7) is 2.73. The van der Waals surface area contributed by atoms with Gasteiger partial charge in [0.25, 0.3) is 0 Å². The Morgan fingerprint density at radius 2 is 2.17 bits per heavy atom. The zero-order chi connectivity index (χ0) is 13.0. The lowest BCUT2D eigenvalue weighted by atomic mass is 10.0. The molecule has 2 nitrogen and oxygen atoms in total. The van der Waals surface area contributed by atoms with Crippen molar-refractivity contribution in [3.05, 3.63) is 64.7 Å². The Kier molecular flexibility index (Phi) is 4.28. The van der Waals surface area contributed by atoms with Crippen LogP contribution in [0.2, 0.25) is 5.02 Å². The maximum absolute atomic E-state index is 13.3. The molecule has 0 spiro atoms. The number of pyridine rings is 1. The highest BCUT2D eigenvalue weighted by atomic mass is 35.5. The van der Waals surface area contributed by atoms with Crippen LogP contribution in [0.25, 0.3) is 0 Å². The van der Waals surface area contributed by atoms with Crippen LogP contribution in [0, 0.1) is 5.82 Å². The number of aromatic nitrogens is 1. The van der Waals surface area contributed by atoms with Gasteiger partial charge < -0.3 is 5.32 Å². The molecule has 0 aliphatic carbocycles. The van der Waals surface area contributed by atoms with Crippen molar-refractivity contribution in [2.24, 2.45) is 0 Å². The average molecular weight is 265 g/mol. The Hall–Kier alpha value is -1.45. The highest BCUT2D eigenvalue weighted by Gasteiger charge is 2.17. The minimum absolute atomic E-state index is 0.195. The van der Waals surface area contributed by atoms with Crippen molar-refractivity contribution < 1.29 is 4.39 Å².